The Morgan fingerprint density at radius 1 is 1.59 bits per heavy atom. The summed E-state index contributed by atoms with van der Waals surface area (Å²) in [6.07, 6.45) is 3.87. The molecule has 0 spiro atoms. The molecule has 0 saturated carbocycles. The van der Waals surface area contributed by atoms with Gasteiger partial charge in [-0.05, 0) is 40.8 Å². The van der Waals surface area contributed by atoms with Crippen LogP contribution in [0.15, 0.2) is 16.7 Å². The van der Waals surface area contributed by atoms with Gasteiger partial charge in [-0.1, -0.05) is 0 Å². The van der Waals surface area contributed by atoms with E-state index in [1.54, 1.807) is 11.1 Å². The van der Waals surface area contributed by atoms with E-state index in [-0.39, 0.29) is 5.91 Å². The normalized spacial score (nSPS) is 17.1. The number of carbonyl (C=O) groups excluding carboxylic acids is 1. The fourth-order valence-corrected chi connectivity index (χ4v) is 2.44. The van der Waals surface area contributed by atoms with E-state index in [1.807, 2.05) is 13.1 Å². The van der Waals surface area contributed by atoms with Gasteiger partial charge in [0.15, 0.2) is 0 Å². The van der Waals surface area contributed by atoms with E-state index in [0.717, 1.165) is 37.1 Å². The van der Waals surface area contributed by atoms with Gasteiger partial charge in [-0.15, -0.1) is 0 Å². The standard InChI is InChI=1S/C12H17BrN2O2/c1-15(8-9-2-4-17-5-3-9)12(16)11-6-10(13)7-14-11/h6-7,9,14H,2-5,8H2,1H3. The maximum absolute atomic E-state index is 12.1. The highest BCUT2D eigenvalue weighted by Crippen LogP contribution is 2.17. The number of aromatic amines is 1. The van der Waals surface area contributed by atoms with Crippen molar-refractivity contribution in [3.05, 3.63) is 22.4 Å². The predicted molar refractivity (Wildman–Crippen MR) is 69.0 cm³/mol. The molecule has 1 fully saturated rings. The van der Waals surface area contributed by atoms with E-state index in [9.17, 15) is 4.79 Å². The molecule has 0 bridgehead atoms. The van der Waals surface area contributed by atoms with Crippen LogP contribution in [0, 0.1) is 5.92 Å². The number of halogens is 1. The van der Waals surface area contributed by atoms with Gasteiger partial charge in [0.1, 0.15) is 5.69 Å². The summed E-state index contributed by atoms with van der Waals surface area (Å²) in [6, 6.07) is 1.81. The van der Waals surface area contributed by atoms with Crippen LogP contribution in [0.4, 0.5) is 0 Å². The van der Waals surface area contributed by atoms with Crippen LogP contribution in [0.5, 0.6) is 0 Å². The zero-order valence-corrected chi connectivity index (χ0v) is 11.5. The summed E-state index contributed by atoms with van der Waals surface area (Å²) in [5.41, 5.74) is 0.631. The van der Waals surface area contributed by atoms with Crippen LogP contribution in [0.1, 0.15) is 23.3 Å². The van der Waals surface area contributed by atoms with Crippen molar-refractivity contribution in [2.24, 2.45) is 5.92 Å². The molecule has 0 aromatic carbocycles. The van der Waals surface area contributed by atoms with Crippen molar-refractivity contribution in [2.45, 2.75) is 12.8 Å². The monoisotopic (exact) mass is 300 g/mol. The molecule has 1 N–H and O–H groups in total. The van der Waals surface area contributed by atoms with Crippen LogP contribution in [-0.2, 0) is 4.74 Å². The molecule has 0 aliphatic carbocycles. The lowest BCUT2D eigenvalue weighted by molar-refractivity contribution is 0.0495. The number of amides is 1. The fraction of sp³-hybridized carbons (Fsp3) is 0.583. The zero-order chi connectivity index (χ0) is 12.3. The molecule has 1 saturated heterocycles. The first-order chi connectivity index (χ1) is 8.16. The number of rotatable bonds is 3. The lowest BCUT2D eigenvalue weighted by atomic mass is 10.00. The van der Waals surface area contributed by atoms with Crippen molar-refractivity contribution < 1.29 is 9.53 Å². The molecule has 94 valence electrons. The number of nitrogens with zero attached hydrogens (tertiary/aromatic N) is 1. The van der Waals surface area contributed by atoms with Crippen LogP contribution in [0.2, 0.25) is 0 Å². The maximum atomic E-state index is 12.1. The molecule has 1 aromatic heterocycles. The molecule has 0 unspecified atom stereocenters. The minimum Gasteiger partial charge on any atom is -0.381 e. The van der Waals surface area contributed by atoms with Crippen LogP contribution in [0.25, 0.3) is 0 Å². The Kier molecular flexibility index (Phi) is 4.23. The summed E-state index contributed by atoms with van der Waals surface area (Å²) in [7, 11) is 1.85. The lowest BCUT2D eigenvalue weighted by Crippen LogP contribution is -2.34. The molecule has 4 nitrogen and oxygen atoms in total. The van der Waals surface area contributed by atoms with E-state index < -0.39 is 0 Å². The molecule has 1 aliphatic heterocycles. The van der Waals surface area contributed by atoms with E-state index in [1.165, 1.54) is 0 Å². The first-order valence-electron chi connectivity index (χ1n) is 5.84. The van der Waals surface area contributed by atoms with Crippen LogP contribution >= 0.6 is 15.9 Å². The Labute approximate surface area is 109 Å². The number of nitrogens with one attached hydrogen (secondary N) is 1. The molecule has 1 aliphatic rings. The molecule has 1 amide bonds. The van der Waals surface area contributed by atoms with Gasteiger partial charge in [0.25, 0.3) is 5.91 Å². The van der Waals surface area contributed by atoms with Gasteiger partial charge >= 0.3 is 0 Å². The molecule has 0 atom stereocenters. The van der Waals surface area contributed by atoms with Gasteiger partial charge in [0.2, 0.25) is 0 Å². The van der Waals surface area contributed by atoms with Crippen molar-refractivity contribution >= 4 is 21.8 Å². The quantitative estimate of drug-likeness (QED) is 0.931. The summed E-state index contributed by atoms with van der Waals surface area (Å²) in [6.45, 7) is 2.44. The van der Waals surface area contributed by atoms with Gasteiger partial charge in [-0.3, -0.25) is 4.79 Å². The number of hydrogen-bond acceptors (Lipinski definition) is 2. The average molecular weight is 301 g/mol. The number of aromatic nitrogens is 1. The molecular formula is C12H17BrN2O2. The van der Waals surface area contributed by atoms with E-state index in [4.69, 9.17) is 4.74 Å². The summed E-state index contributed by atoms with van der Waals surface area (Å²) >= 11 is 3.33. The average Bonchev–Trinajstić information content (AvgIpc) is 2.76. The number of ether oxygens (including phenoxy) is 1. The largest absolute Gasteiger partial charge is 0.381 e. The minimum atomic E-state index is 0.0437. The molecule has 1 aromatic rings. The highest BCUT2D eigenvalue weighted by atomic mass is 79.9. The molecule has 2 heterocycles. The summed E-state index contributed by atoms with van der Waals surface area (Å²) in [4.78, 5) is 16.8. The SMILES string of the molecule is CN(CC1CCOCC1)C(=O)c1cc(Br)c[nH]1. The number of carbonyl (C=O) groups is 1. The van der Waals surface area contributed by atoms with Gasteiger partial charge in [-0.2, -0.15) is 0 Å². The van der Waals surface area contributed by atoms with Crippen molar-refractivity contribution in [3.63, 3.8) is 0 Å². The molecular weight excluding hydrogens is 284 g/mol. The summed E-state index contributed by atoms with van der Waals surface area (Å²) in [5.74, 6) is 0.610. The third kappa shape index (κ3) is 3.33. The molecule has 17 heavy (non-hydrogen) atoms. The van der Waals surface area contributed by atoms with Gasteiger partial charge in [0.05, 0.1) is 0 Å². The highest BCUT2D eigenvalue weighted by Gasteiger charge is 2.20. The first-order valence-corrected chi connectivity index (χ1v) is 6.63. The zero-order valence-electron chi connectivity index (χ0n) is 9.91. The van der Waals surface area contributed by atoms with Gasteiger partial charge in [-0.25, -0.2) is 0 Å². The Morgan fingerprint density at radius 2 is 2.29 bits per heavy atom. The molecule has 2 rings (SSSR count). The van der Waals surface area contributed by atoms with Crippen LogP contribution < -0.4 is 0 Å². The summed E-state index contributed by atoms with van der Waals surface area (Å²) in [5, 5.41) is 0. The van der Waals surface area contributed by atoms with Crippen LogP contribution in [-0.4, -0.2) is 42.6 Å². The molecule has 5 heteroatoms. The van der Waals surface area contributed by atoms with E-state index in [0.29, 0.717) is 11.6 Å². The highest BCUT2D eigenvalue weighted by molar-refractivity contribution is 9.10. The number of hydrogen-bond donors (Lipinski definition) is 1. The Balaban J connectivity index is 1.90. The Morgan fingerprint density at radius 3 is 2.88 bits per heavy atom. The fourth-order valence-electron chi connectivity index (χ4n) is 2.10. The Hall–Kier alpha value is -0.810. The topological polar surface area (TPSA) is 45.3 Å². The minimum absolute atomic E-state index is 0.0437. The van der Waals surface area contributed by atoms with Crippen molar-refractivity contribution in [1.29, 1.82) is 0 Å². The first kappa shape index (κ1) is 12.6. The second kappa shape index (κ2) is 5.69. The summed E-state index contributed by atoms with van der Waals surface area (Å²) < 4.78 is 6.22. The third-order valence-corrected chi connectivity index (χ3v) is 3.56. The van der Waals surface area contributed by atoms with E-state index >= 15 is 0 Å². The predicted octanol–water partition coefficient (Wildman–Crippen LogP) is 2.28. The van der Waals surface area contributed by atoms with Crippen LogP contribution in [0.3, 0.4) is 0 Å². The van der Waals surface area contributed by atoms with Crippen molar-refractivity contribution in [1.82, 2.24) is 9.88 Å². The lowest BCUT2D eigenvalue weighted by Gasteiger charge is -2.26. The number of H-pyrrole nitrogens is 1. The van der Waals surface area contributed by atoms with Crippen molar-refractivity contribution in [3.8, 4) is 0 Å². The second-order valence-corrected chi connectivity index (χ2v) is 5.39. The third-order valence-electron chi connectivity index (χ3n) is 3.10. The smallest absolute Gasteiger partial charge is 0.270 e. The maximum Gasteiger partial charge on any atom is 0.270 e. The van der Waals surface area contributed by atoms with Gasteiger partial charge < -0.3 is 14.6 Å². The van der Waals surface area contributed by atoms with Crippen molar-refractivity contribution in [2.75, 3.05) is 26.8 Å². The second-order valence-electron chi connectivity index (χ2n) is 4.47. The van der Waals surface area contributed by atoms with E-state index in [2.05, 4.69) is 20.9 Å². The molecule has 0 radical (unpaired) electrons. The van der Waals surface area contributed by atoms with Gasteiger partial charge in [0, 0.05) is 37.5 Å². The Bertz CT molecular complexity index is 386.